The third-order valence-corrected chi connectivity index (χ3v) is 0. The third-order valence-electron chi connectivity index (χ3n) is 0. The van der Waals surface area contributed by atoms with Crippen molar-refractivity contribution in [1.29, 1.82) is 33.2 Å². The summed E-state index contributed by atoms with van der Waals surface area (Å²) in [5.41, 5.74) is 33.0. The summed E-state index contributed by atoms with van der Waals surface area (Å²) in [5.74, 6) is 0. The van der Waals surface area contributed by atoms with E-state index in [9.17, 15) is 0 Å². The minimum atomic E-state index is 0. The van der Waals surface area contributed by atoms with E-state index in [4.69, 9.17) is 33.2 Å². The molecule has 0 aromatic rings. The minimum absolute atomic E-state index is 0. The molecule has 0 bridgehead atoms. The van der Waals surface area contributed by atoms with Crippen LogP contribution in [0, 0.1) is 33.2 Å². The predicted octanol–water partition coefficient (Wildman–Crippen LogP) is 0.509. The molecule has 0 aromatic heterocycles. The summed E-state index contributed by atoms with van der Waals surface area (Å²) >= 11 is 0. The van der Waals surface area contributed by atoms with Crippen LogP contribution in [0.25, 0.3) is 0 Å². The standard InChI is InChI=1S/3H2N3.H3N/c3*1-3-2;/h3*1-2H;1H3/q3*+1;. The summed E-state index contributed by atoms with van der Waals surface area (Å²) in [7, 11) is 0. The second-order valence-corrected chi connectivity index (χ2v) is 0.335. The molecule has 0 aliphatic rings. The molecule has 56 valence electrons. The Morgan fingerprint density at radius 1 is 0.500 bits per heavy atom. The fourth-order valence-corrected chi connectivity index (χ4v) is 0. The maximum absolute atomic E-state index is 5.50. The van der Waals surface area contributed by atoms with Gasteiger partial charge in [-0.25, -0.2) is 0 Å². The van der Waals surface area contributed by atoms with Gasteiger partial charge in [0.1, 0.15) is 33.2 Å². The van der Waals surface area contributed by atoms with Crippen molar-refractivity contribution in [3.63, 3.8) is 0 Å². The lowest BCUT2D eigenvalue weighted by Crippen LogP contribution is -1.24. The van der Waals surface area contributed by atoms with Crippen molar-refractivity contribution in [2.45, 2.75) is 0 Å². The van der Waals surface area contributed by atoms with Crippen LogP contribution in [0.15, 0.2) is 0 Å². The van der Waals surface area contributed by atoms with Crippen LogP contribution in [-0.4, -0.2) is 0 Å². The zero-order chi connectivity index (χ0) is 8.12. The van der Waals surface area contributed by atoms with Crippen LogP contribution in [0.3, 0.4) is 0 Å². The average molecular weight is 149 g/mol. The Balaban J connectivity index is -0.0000000257. The fourth-order valence-electron chi connectivity index (χ4n) is 0. The molecule has 0 heterocycles. The van der Waals surface area contributed by atoms with Gasteiger partial charge in [0.15, 0.2) is 0 Å². The van der Waals surface area contributed by atoms with Gasteiger partial charge in [-0.2, -0.15) is 0 Å². The molecule has 10 heavy (non-hydrogen) atoms. The Labute approximate surface area is 55.3 Å². The summed E-state index contributed by atoms with van der Waals surface area (Å²) in [6, 6.07) is 0. The quantitative estimate of drug-likeness (QED) is 0.190. The molecule has 0 rings (SSSR count). The molecule has 0 saturated carbocycles. The van der Waals surface area contributed by atoms with Crippen LogP contribution < -0.4 is 20.9 Å². The molecule has 0 unspecified atom stereocenters. The van der Waals surface area contributed by atoms with Gasteiger partial charge in [0.05, 0.1) is 0 Å². The van der Waals surface area contributed by atoms with E-state index in [0.717, 1.165) is 0 Å². The summed E-state index contributed by atoms with van der Waals surface area (Å²) in [6.45, 7) is 0. The van der Waals surface area contributed by atoms with E-state index in [1.54, 1.807) is 0 Å². The fraction of sp³-hybridized carbons (Fsp3) is 0. The van der Waals surface area contributed by atoms with E-state index in [1.807, 2.05) is 14.7 Å². The van der Waals surface area contributed by atoms with Crippen molar-refractivity contribution in [1.82, 2.24) is 20.9 Å². The lowest BCUT2D eigenvalue weighted by Gasteiger charge is -0.844. The Kier molecular flexibility index (Phi) is 747. The third kappa shape index (κ3) is 31.6. The molecule has 0 spiro atoms. The molecule has 0 saturated heterocycles. The van der Waals surface area contributed by atoms with Crippen LogP contribution in [0.5, 0.6) is 0 Å². The molecule has 0 fully saturated rings. The van der Waals surface area contributed by atoms with Gasteiger partial charge < -0.3 is 6.15 Å². The molecular weight excluding hydrogens is 140 g/mol. The molecule has 0 atom stereocenters. The molecular formula is H9N10+3. The van der Waals surface area contributed by atoms with E-state index in [-0.39, 0.29) is 6.15 Å². The lowest BCUT2D eigenvalue weighted by molar-refractivity contribution is 0.928. The Morgan fingerprint density at radius 2 is 0.500 bits per heavy atom. The first kappa shape index (κ1) is 24.8. The average Bonchev–Trinajstić information content (AvgIpc) is 1.70. The van der Waals surface area contributed by atoms with Crippen molar-refractivity contribution >= 4 is 0 Å². The van der Waals surface area contributed by atoms with Crippen molar-refractivity contribution < 1.29 is 0 Å². The second-order valence-electron chi connectivity index (χ2n) is 0.335. The zero-order valence-corrected chi connectivity index (χ0v) is 5.05. The molecule has 0 aliphatic heterocycles. The highest BCUT2D eigenvalue weighted by molar-refractivity contribution is 2.97. The number of hydrogen-bond donors (Lipinski definition) is 7. The summed E-state index contributed by atoms with van der Waals surface area (Å²) in [5, 5.41) is 0. The first-order valence-electron chi connectivity index (χ1n) is 1.34. The maximum atomic E-state index is 5.50. The first-order valence-corrected chi connectivity index (χ1v) is 1.34. The van der Waals surface area contributed by atoms with Gasteiger partial charge in [-0.15, -0.1) is 0 Å². The number of rotatable bonds is 0. The molecule has 10 heteroatoms. The predicted molar refractivity (Wildman–Crippen MR) is 27.7 cm³/mol. The topological polar surface area (TPSA) is 220 Å². The molecule has 0 aromatic carbocycles. The molecule has 9 N–H and O–H groups in total. The summed E-state index contributed by atoms with van der Waals surface area (Å²) in [4.78, 5) is 6.00. The van der Waals surface area contributed by atoms with Crippen LogP contribution in [-0.2, 0) is 0 Å². The van der Waals surface area contributed by atoms with E-state index in [0.29, 0.717) is 0 Å². The van der Waals surface area contributed by atoms with Crippen molar-refractivity contribution in [2.75, 3.05) is 0 Å². The van der Waals surface area contributed by atoms with E-state index >= 15 is 0 Å². The highest BCUT2D eigenvalue weighted by atomic mass is 15.0. The smallest absolute Gasteiger partial charge is 0.211 e. The lowest BCUT2D eigenvalue weighted by atomic mass is 13.0. The van der Waals surface area contributed by atoms with Gasteiger partial charge >= 0.3 is 0 Å². The van der Waals surface area contributed by atoms with Gasteiger partial charge in [-0.1, -0.05) is 0 Å². The Morgan fingerprint density at radius 3 is 0.500 bits per heavy atom. The van der Waals surface area contributed by atoms with Gasteiger partial charge in [0.2, 0.25) is 14.7 Å². The van der Waals surface area contributed by atoms with Crippen LogP contribution in [0.4, 0.5) is 0 Å². The van der Waals surface area contributed by atoms with Crippen LogP contribution in [0.1, 0.15) is 0 Å². The minimum Gasteiger partial charge on any atom is -0.344 e. The molecule has 10 nitrogen and oxygen atoms in total. The van der Waals surface area contributed by atoms with Gasteiger partial charge in [-0.05, 0) is 0 Å². The van der Waals surface area contributed by atoms with Crippen molar-refractivity contribution in [2.24, 2.45) is 0 Å². The SMILES string of the molecule is N.N=[N+]=N.N=[N+]=N.N=[N+]=N. The molecule has 0 amide bonds. The monoisotopic (exact) mass is 149 g/mol. The Bertz CT molecular complexity index is 91.6. The number of nitrogens with zero attached hydrogens (tertiary/aromatic N) is 3. The van der Waals surface area contributed by atoms with Gasteiger partial charge in [0, 0.05) is 0 Å². The Hall–Kier alpha value is -2.11. The summed E-state index contributed by atoms with van der Waals surface area (Å²) in [6.07, 6.45) is 0. The van der Waals surface area contributed by atoms with E-state index in [1.165, 1.54) is 0 Å². The van der Waals surface area contributed by atoms with E-state index in [2.05, 4.69) is 0 Å². The van der Waals surface area contributed by atoms with Crippen LogP contribution >= 0.6 is 0 Å². The first-order chi connectivity index (χ1) is 4.24. The van der Waals surface area contributed by atoms with Gasteiger partial charge in [0.25, 0.3) is 0 Å². The molecule has 0 radical (unpaired) electrons. The summed E-state index contributed by atoms with van der Waals surface area (Å²) < 4.78 is 0. The molecule has 0 aliphatic carbocycles. The van der Waals surface area contributed by atoms with Crippen molar-refractivity contribution in [3.05, 3.63) is 0 Å². The van der Waals surface area contributed by atoms with Crippen LogP contribution in [0.2, 0.25) is 0 Å². The number of nitrogens with one attached hydrogen (secondary N) is 6. The zero-order valence-electron chi connectivity index (χ0n) is 5.05. The normalized spacial score (nSPS) is 2.40. The largest absolute Gasteiger partial charge is 0.344 e. The van der Waals surface area contributed by atoms with Crippen molar-refractivity contribution in [3.8, 4) is 0 Å². The number of hydrogen-bond acceptors (Lipinski definition) is 7. The highest BCUT2D eigenvalue weighted by Crippen LogP contribution is 0.847. The maximum Gasteiger partial charge on any atom is 0.211 e. The van der Waals surface area contributed by atoms with E-state index < -0.39 is 0 Å². The second kappa shape index (κ2) is 302. The highest BCUT2D eigenvalue weighted by Gasteiger charge is 1.16. The van der Waals surface area contributed by atoms with Gasteiger partial charge in [-0.3, -0.25) is 0 Å².